The predicted octanol–water partition coefficient (Wildman–Crippen LogP) is 3.58. The molecule has 0 saturated carbocycles. The monoisotopic (exact) mass is 282 g/mol. The Labute approximate surface area is 121 Å². The number of nitrogens with one attached hydrogen (secondary N) is 2. The van der Waals surface area contributed by atoms with Crippen LogP contribution in [-0.2, 0) is 0 Å². The minimum atomic E-state index is -0.472. The highest BCUT2D eigenvalue weighted by Gasteiger charge is 2.18. The van der Waals surface area contributed by atoms with E-state index in [0.717, 1.165) is 24.1 Å². The molecule has 0 aliphatic carbocycles. The van der Waals surface area contributed by atoms with Crippen LogP contribution in [0.25, 0.3) is 0 Å². The third-order valence-electron chi connectivity index (χ3n) is 3.14. The van der Waals surface area contributed by atoms with Gasteiger partial charge in [-0.05, 0) is 38.0 Å². The molecule has 19 heavy (non-hydrogen) atoms. The van der Waals surface area contributed by atoms with E-state index in [1.807, 2.05) is 30.5 Å². The molecule has 0 saturated heterocycles. The largest absolute Gasteiger partial charge is 0.387 e. The van der Waals surface area contributed by atoms with E-state index in [1.165, 1.54) is 0 Å². The molecular formula is C15H26N2OS. The maximum Gasteiger partial charge on any atom is 0.0915 e. The molecule has 3 N–H and O–H groups in total. The van der Waals surface area contributed by atoms with Gasteiger partial charge < -0.3 is 15.1 Å². The number of benzene rings is 1. The summed E-state index contributed by atoms with van der Waals surface area (Å²) in [5.74, 6) is 0. The van der Waals surface area contributed by atoms with Gasteiger partial charge in [0.25, 0.3) is 0 Å². The van der Waals surface area contributed by atoms with Gasteiger partial charge in [0.1, 0.15) is 0 Å². The molecule has 0 fully saturated rings. The standard InChI is InChI=1S/C15H26N2OS/c1-5-9-15(2,3)16-11-14(18)12-7-6-8-13(10-12)17-19-4/h6-8,10,14,16-18H,5,9,11H2,1-4H3/t14-/m0/s1. The molecule has 0 aromatic heterocycles. The number of hydrogen-bond donors (Lipinski definition) is 3. The Morgan fingerprint density at radius 3 is 2.74 bits per heavy atom. The minimum Gasteiger partial charge on any atom is -0.387 e. The third kappa shape index (κ3) is 5.85. The lowest BCUT2D eigenvalue weighted by Crippen LogP contribution is -2.41. The fraction of sp³-hybridized carbons (Fsp3) is 0.600. The molecule has 0 radical (unpaired) electrons. The van der Waals surface area contributed by atoms with E-state index >= 15 is 0 Å². The maximum atomic E-state index is 10.2. The summed E-state index contributed by atoms with van der Waals surface area (Å²) >= 11 is 1.55. The average Bonchev–Trinajstić information content (AvgIpc) is 2.37. The summed E-state index contributed by atoms with van der Waals surface area (Å²) in [4.78, 5) is 0. The zero-order valence-electron chi connectivity index (χ0n) is 12.4. The summed E-state index contributed by atoms with van der Waals surface area (Å²) in [6.07, 6.45) is 3.76. The molecule has 0 unspecified atom stereocenters. The fourth-order valence-electron chi connectivity index (χ4n) is 2.13. The van der Waals surface area contributed by atoms with Crippen LogP contribution in [-0.4, -0.2) is 23.4 Å². The lowest BCUT2D eigenvalue weighted by molar-refractivity contribution is 0.159. The number of rotatable bonds is 8. The third-order valence-corrected chi connectivity index (χ3v) is 3.58. The first-order chi connectivity index (χ1) is 8.98. The van der Waals surface area contributed by atoms with Crippen molar-refractivity contribution in [3.63, 3.8) is 0 Å². The first-order valence-corrected chi connectivity index (χ1v) is 8.03. The van der Waals surface area contributed by atoms with Gasteiger partial charge in [0, 0.05) is 24.0 Å². The van der Waals surface area contributed by atoms with E-state index in [-0.39, 0.29) is 5.54 Å². The maximum absolute atomic E-state index is 10.2. The van der Waals surface area contributed by atoms with Gasteiger partial charge in [0.15, 0.2) is 0 Å². The first kappa shape index (κ1) is 16.3. The van der Waals surface area contributed by atoms with Crippen LogP contribution in [0.2, 0.25) is 0 Å². The van der Waals surface area contributed by atoms with E-state index < -0.39 is 6.10 Å². The molecule has 1 rings (SSSR count). The van der Waals surface area contributed by atoms with Gasteiger partial charge in [0.05, 0.1) is 6.10 Å². The number of hydrogen-bond acceptors (Lipinski definition) is 4. The molecule has 0 heterocycles. The first-order valence-electron chi connectivity index (χ1n) is 6.80. The minimum absolute atomic E-state index is 0.0743. The van der Waals surface area contributed by atoms with Crippen LogP contribution in [0.1, 0.15) is 45.3 Å². The van der Waals surface area contributed by atoms with Crippen LogP contribution < -0.4 is 10.0 Å². The van der Waals surface area contributed by atoms with E-state index in [0.29, 0.717) is 6.54 Å². The Bertz CT molecular complexity index is 382. The highest BCUT2D eigenvalue weighted by atomic mass is 32.2. The van der Waals surface area contributed by atoms with Crippen molar-refractivity contribution in [2.75, 3.05) is 17.5 Å². The summed E-state index contributed by atoms with van der Waals surface area (Å²) in [5, 5.41) is 13.7. The summed E-state index contributed by atoms with van der Waals surface area (Å²) in [6.45, 7) is 7.11. The van der Waals surface area contributed by atoms with Gasteiger partial charge in [0.2, 0.25) is 0 Å². The van der Waals surface area contributed by atoms with Crippen molar-refractivity contribution in [1.29, 1.82) is 0 Å². The normalized spacial score (nSPS) is 13.3. The summed E-state index contributed by atoms with van der Waals surface area (Å²) in [5.41, 5.74) is 2.04. The molecule has 1 aromatic carbocycles. The summed E-state index contributed by atoms with van der Waals surface area (Å²) in [7, 11) is 0. The van der Waals surface area contributed by atoms with Crippen molar-refractivity contribution >= 4 is 17.6 Å². The Hall–Kier alpha value is -0.710. The molecule has 108 valence electrons. The summed E-state index contributed by atoms with van der Waals surface area (Å²) < 4.78 is 3.18. The van der Waals surface area contributed by atoms with E-state index in [2.05, 4.69) is 30.8 Å². The van der Waals surface area contributed by atoms with Crippen molar-refractivity contribution < 1.29 is 5.11 Å². The van der Waals surface area contributed by atoms with Crippen LogP contribution in [0, 0.1) is 0 Å². The Morgan fingerprint density at radius 2 is 2.11 bits per heavy atom. The lowest BCUT2D eigenvalue weighted by atomic mass is 9.98. The van der Waals surface area contributed by atoms with E-state index in [1.54, 1.807) is 11.9 Å². The summed E-state index contributed by atoms with van der Waals surface area (Å²) in [6, 6.07) is 7.93. The number of aliphatic hydroxyl groups is 1. The van der Waals surface area contributed by atoms with Crippen LogP contribution in [0.15, 0.2) is 24.3 Å². The average molecular weight is 282 g/mol. The van der Waals surface area contributed by atoms with Crippen LogP contribution in [0.4, 0.5) is 5.69 Å². The molecule has 4 heteroatoms. The van der Waals surface area contributed by atoms with Crippen molar-refractivity contribution in [1.82, 2.24) is 5.32 Å². The molecule has 0 spiro atoms. The molecule has 3 nitrogen and oxygen atoms in total. The highest BCUT2D eigenvalue weighted by molar-refractivity contribution is 7.99. The van der Waals surface area contributed by atoms with E-state index in [9.17, 15) is 5.11 Å². The van der Waals surface area contributed by atoms with Gasteiger partial charge in [-0.3, -0.25) is 0 Å². The molecule has 0 bridgehead atoms. The van der Waals surface area contributed by atoms with Gasteiger partial charge in [-0.25, -0.2) is 0 Å². The smallest absolute Gasteiger partial charge is 0.0915 e. The lowest BCUT2D eigenvalue weighted by Gasteiger charge is -2.27. The zero-order chi connectivity index (χ0) is 14.3. The molecule has 0 aliphatic heterocycles. The number of aliphatic hydroxyl groups excluding tert-OH is 1. The van der Waals surface area contributed by atoms with Gasteiger partial charge in [-0.1, -0.05) is 37.4 Å². The molecule has 0 amide bonds. The van der Waals surface area contributed by atoms with Gasteiger partial charge in [-0.15, -0.1) is 0 Å². The Morgan fingerprint density at radius 1 is 1.37 bits per heavy atom. The Balaban J connectivity index is 2.57. The predicted molar refractivity (Wildman–Crippen MR) is 85.5 cm³/mol. The SMILES string of the molecule is CCCC(C)(C)NC[C@H](O)c1cccc(NSC)c1. The zero-order valence-corrected chi connectivity index (χ0v) is 13.2. The molecule has 1 aromatic rings. The highest BCUT2D eigenvalue weighted by Crippen LogP contribution is 2.20. The molecule has 1 atom stereocenters. The molecule has 0 aliphatic rings. The number of β-amino-alcohol motifs (C(OH)–C–C–N with tert-alkyl or cyclic N) is 1. The van der Waals surface area contributed by atoms with Crippen molar-refractivity contribution in [3.05, 3.63) is 29.8 Å². The quantitative estimate of drug-likeness (QED) is 0.638. The van der Waals surface area contributed by atoms with Crippen molar-refractivity contribution in [2.24, 2.45) is 0 Å². The van der Waals surface area contributed by atoms with Gasteiger partial charge >= 0.3 is 0 Å². The number of anilines is 1. The van der Waals surface area contributed by atoms with Crippen LogP contribution in [0.5, 0.6) is 0 Å². The van der Waals surface area contributed by atoms with Crippen LogP contribution >= 0.6 is 11.9 Å². The van der Waals surface area contributed by atoms with Crippen LogP contribution in [0.3, 0.4) is 0 Å². The topological polar surface area (TPSA) is 44.3 Å². The fourth-order valence-corrected chi connectivity index (χ4v) is 2.49. The second-order valence-corrected chi connectivity index (χ2v) is 6.07. The van der Waals surface area contributed by atoms with Crippen molar-refractivity contribution in [3.8, 4) is 0 Å². The van der Waals surface area contributed by atoms with E-state index in [4.69, 9.17) is 0 Å². The Kier molecular flexibility index (Phi) is 6.69. The molecular weight excluding hydrogens is 256 g/mol. The van der Waals surface area contributed by atoms with Crippen molar-refractivity contribution in [2.45, 2.75) is 45.3 Å². The van der Waals surface area contributed by atoms with Gasteiger partial charge in [-0.2, -0.15) is 0 Å². The second-order valence-electron chi connectivity index (χ2n) is 5.46. The second kappa shape index (κ2) is 7.78.